The quantitative estimate of drug-likeness (QED) is 0.745. The molecule has 0 radical (unpaired) electrons. The van der Waals surface area contributed by atoms with Crippen molar-refractivity contribution in [2.75, 3.05) is 14.2 Å². The summed E-state index contributed by atoms with van der Waals surface area (Å²) in [5.41, 5.74) is 1.86. The first kappa shape index (κ1) is 10.5. The average molecular weight is 219 g/mol. The van der Waals surface area contributed by atoms with Gasteiger partial charge in [-0.3, -0.25) is 5.32 Å². The number of carbonyl (C=O) groups is 1. The van der Waals surface area contributed by atoms with Crippen molar-refractivity contribution in [1.82, 2.24) is 10.6 Å². The van der Waals surface area contributed by atoms with Crippen LogP contribution in [0.2, 0.25) is 0 Å². The summed E-state index contributed by atoms with van der Waals surface area (Å²) >= 11 is 0. The average Bonchev–Trinajstić information content (AvgIpc) is 2.70. The van der Waals surface area contributed by atoms with E-state index in [0.29, 0.717) is 12.3 Å². The monoisotopic (exact) mass is 219 g/mol. The highest BCUT2D eigenvalue weighted by molar-refractivity contribution is 6.02. The van der Waals surface area contributed by atoms with Crippen LogP contribution in [0.5, 0.6) is 5.75 Å². The van der Waals surface area contributed by atoms with Crippen molar-refractivity contribution in [2.45, 2.75) is 6.42 Å². The standard InChI is InChI=1S/C11H13N3O2/c1-12-11(15)14-10-6-7-8(13-10)4-3-5-9(7)16-2/h3-5H,6H2,1-2H3,(H2,12,13,14,15). The fourth-order valence-corrected chi connectivity index (χ4v) is 1.65. The van der Waals surface area contributed by atoms with Gasteiger partial charge >= 0.3 is 6.03 Å². The smallest absolute Gasteiger partial charge is 0.319 e. The predicted molar refractivity (Wildman–Crippen MR) is 61.4 cm³/mol. The predicted octanol–water partition coefficient (Wildman–Crippen LogP) is 1.21. The molecular weight excluding hydrogens is 206 g/mol. The van der Waals surface area contributed by atoms with Gasteiger partial charge < -0.3 is 10.1 Å². The Hall–Kier alpha value is -2.04. The van der Waals surface area contributed by atoms with Gasteiger partial charge in [-0.05, 0) is 12.1 Å². The molecule has 0 saturated heterocycles. The molecule has 0 atom stereocenters. The lowest BCUT2D eigenvalue weighted by atomic mass is 10.1. The third-order valence-electron chi connectivity index (χ3n) is 2.41. The van der Waals surface area contributed by atoms with Gasteiger partial charge in [-0.25, -0.2) is 9.79 Å². The lowest BCUT2D eigenvalue weighted by Crippen LogP contribution is -2.37. The lowest BCUT2D eigenvalue weighted by Gasteiger charge is -2.05. The number of fused-ring (bicyclic) bond motifs is 1. The number of amidine groups is 1. The number of nitrogens with one attached hydrogen (secondary N) is 2. The Balaban J connectivity index is 2.19. The van der Waals surface area contributed by atoms with Gasteiger partial charge in [-0.15, -0.1) is 0 Å². The maximum Gasteiger partial charge on any atom is 0.319 e. The first-order valence-corrected chi connectivity index (χ1v) is 4.96. The Labute approximate surface area is 93.5 Å². The minimum atomic E-state index is -0.259. The number of benzene rings is 1. The highest BCUT2D eigenvalue weighted by Crippen LogP contribution is 2.33. The molecule has 0 bridgehead atoms. The zero-order valence-corrected chi connectivity index (χ0v) is 9.20. The van der Waals surface area contributed by atoms with Crippen LogP contribution in [0, 0.1) is 0 Å². The van der Waals surface area contributed by atoms with Crippen LogP contribution in [0.25, 0.3) is 0 Å². The molecule has 2 rings (SSSR count). The van der Waals surface area contributed by atoms with Crippen LogP contribution in [0.1, 0.15) is 5.56 Å². The molecule has 0 unspecified atom stereocenters. The second-order valence-corrected chi connectivity index (χ2v) is 3.40. The first-order valence-electron chi connectivity index (χ1n) is 4.96. The number of amides is 2. The Bertz CT molecular complexity index is 455. The van der Waals surface area contributed by atoms with Crippen molar-refractivity contribution >= 4 is 17.6 Å². The van der Waals surface area contributed by atoms with Crippen LogP contribution in [0.3, 0.4) is 0 Å². The van der Waals surface area contributed by atoms with Crippen LogP contribution in [-0.2, 0) is 6.42 Å². The molecule has 0 fully saturated rings. The van der Waals surface area contributed by atoms with Crippen molar-refractivity contribution < 1.29 is 9.53 Å². The molecule has 0 aliphatic carbocycles. The third kappa shape index (κ3) is 1.84. The molecule has 1 aliphatic rings. The first-order chi connectivity index (χ1) is 7.74. The topological polar surface area (TPSA) is 62.7 Å². The van der Waals surface area contributed by atoms with Crippen LogP contribution < -0.4 is 15.4 Å². The Morgan fingerprint density at radius 3 is 3.00 bits per heavy atom. The van der Waals surface area contributed by atoms with Crippen molar-refractivity contribution in [2.24, 2.45) is 4.99 Å². The van der Waals surface area contributed by atoms with Gasteiger partial charge in [-0.1, -0.05) is 6.07 Å². The van der Waals surface area contributed by atoms with Crippen molar-refractivity contribution in [3.8, 4) is 5.75 Å². The molecule has 1 aromatic rings. The second-order valence-electron chi connectivity index (χ2n) is 3.40. The molecule has 0 aromatic heterocycles. The number of methoxy groups -OCH3 is 1. The minimum Gasteiger partial charge on any atom is -0.496 e. The zero-order valence-electron chi connectivity index (χ0n) is 9.20. The molecule has 5 heteroatoms. The number of hydrogen-bond donors (Lipinski definition) is 2. The number of ether oxygens (including phenoxy) is 1. The molecule has 1 aromatic carbocycles. The molecule has 84 valence electrons. The highest BCUT2D eigenvalue weighted by atomic mass is 16.5. The summed E-state index contributed by atoms with van der Waals surface area (Å²) in [6, 6.07) is 5.41. The van der Waals surface area contributed by atoms with E-state index >= 15 is 0 Å². The van der Waals surface area contributed by atoms with Gasteiger partial charge in [0.1, 0.15) is 11.6 Å². The van der Waals surface area contributed by atoms with Crippen LogP contribution in [0.15, 0.2) is 23.2 Å². The normalized spacial score (nSPS) is 12.8. The Morgan fingerprint density at radius 1 is 1.50 bits per heavy atom. The molecule has 5 nitrogen and oxygen atoms in total. The van der Waals surface area contributed by atoms with E-state index in [-0.39, 0.29) is 6.03 Å². The van der Waals surface area contributed by atoms with Gasteiger partial charge in [0, 0.05) is 19.0 Å². The summed E-state index contributed by atoms with van der Waals surface area (Å²) < 4.78 is 5.24. The van der Waals surface area contributed by atoms with E-state index in [2.05, 4.69) is 15.6 Å². The minimum absolute atomic E-state index is 0.259. The summed E-state index contributed by atoms with van der Waals surface area (Å²) in [7, 11) is 3.19. The molecule has 2 N–H and O–H groups in total. The van der Waals surface area contributed by atoms with E-state index in [1.807, 2.05) is 18.2 Å². The fraction of sp³-hybridized carbons (Fsp3) is 0.273. The van der Waals surface area contributed by atoms with Gasteiger partial charge in [0.15, 0.2) is 0 Å². The van der Waals surface area contributed by atoms with E-state index < -0.39 is 0 Å². The van der Waals surface area contributed by atoms with Crippen molar-refractivity contribution in [3.05, 3.63) is 23.8 Å². The van der Waals surface area contributed by atoms with E-state index in [1.165, 1.54) is 0 Å². The Kier molecular flexibility index (Phi) is 2.76. The van der Waals surface area contributed by atoms with E-state index in [9.17, 15) is 4.79 Å². The number of aliphatic imine (C=N–C) groups is 1. The number of urea groups is 1. The number of hydrogen-bond acceptors (Lipinski definition) is 3. The van der Waals surface area contributed by atoms with Gasteiger partial charge in [-0.2, -0.15) is 0 Å². The largest absolute Gasteiger partial charge is 0.496 e. The number of nitrogens with zero attached hydrogens (tertiary/aromatic N) is 1. The summed E-state index contributed by atoms with van der Waals surface area (Å²) in [4.78, 5) is 15.5. The molecule has 0 spiro atoms. The van der Waals surface area contributed by atoms with Gasteiger partial charge in [0.2, 0.25) is 0 Å². The van der Waals surface area contributed by atoms with Gasteiger partial charge in [0.25, 0.3) is 0 Å². The maximum absolute atomic E-state index is 11.1. The second kappa shape index (κ2) is 4.22. The van der Waals surface area contributed by atoms with Crippen LogP contribution in [0.4, 0.5) is 10.5 Å². The molecule has 1 aliphatic heterocycles. The van der Waals surface area contributed by atoms with Crippen LogP contribution in [-0.4, -0.2) is 26.0 Å². The fourth-order valence-electron chi connectivity index (χ4n) is 1.65. The highest BCUT2D eigenvalue weighted by Gasteiger charge is 2.19. The van der Waals surface area contributed by atoms with Crippen molar-refractivity contribution in [3.63, 3.8) is 0 Å². The molecule has 0 saturated carbocycles. The molecule has 2 amide bonds. The summed E-state index contributed by atoms with van der Waals surface area (Å²) in [5, 5.41) is 5.16. The van der Waals surface area contributed by atoms with Crippen molar-refractivity contribution in [1.29, 1.82) is 0 Å². The van der Waals surface area contributed by atoms with E-state index in [0.717, 1.165) is 17.0 Å². The summed E-state index contributed by atoms with van der Waals surface area (Å²) in [5.74, 6) is 1.44. The SMILES string of the molecule is CNC(=O)NC1=Nc2cccc(OC)c2C1. The third-order valence-corrected chi connectivity index (χ3v) is 2.41. The number of rotatable bonds is 1. The molecule has 1 heterocycles. The number of carbonyl (C=O) groups excluding carboxylic acids is 1. The van der Waals surface area contributed by atoms with Gasteiger partial charge in [0.05, 0.1) is 12.8 Å². The lowest BCUT2D eigenvalue weighted by molar-refractivity contribution is 0.247. The summed E-state index contributed by atoms with van der Waals surface area (Å²) in [6.07, 6.45) is 0.590. The molecular formula is C11H13N3O2. The van der Waals surface area contributed by atoms with E-state index in [4.69, 9.17) is 4.74 Å². The summed E-state index contributed by atoms with van der Waals surface area (Å²) in [6.45, 7) is 0. The van der Waals surface area contributed by atoms with Crippen LogP contribution >= 0.6 is 0 Å². The zero-order chi connectivity index (χ0) is 11.5. The molecule has 16 heavy (non-hydrogen) atoms. The van der Waals surface area contributed by atoms with E-state index in [1.54, 1.807) is 14.2 Å². The maximum atomic E-state index is 11.1. The Morgan fingerprint density at radius 2 is 2.31 bits per heavy atom.